The minimum atomic E-state index is -1.23. The second-order valence-electron chi connectivity index (χ2n) is 5.59. The van der Waals surface area contributed by atoms with Crippen molar-refractivity contribution in [3.05, 3.63) is 29.8 Å². The van der Waals surface area contributed by atoms with Crippen molar-refractivity contribution in [3.63, 3.8) is 0 Å². The lowest BCUT2D eigenvalue weighted by Gasteiger charge is -2.29. The Morgan fingerprint density at radius 2 is 1.72 bits per heavy atom. The Bertz CT molecular complexity index is 359. The van der Waals surface area contributed by atoms with Crippen LogP contribution in [0.5, 0.6) is 0 Å². The van der Waals surface area contributed by atoms with Gasteiger partial charge >= 0.3 is 0 Å². The van der Waals surface area contributed by atoms with E-state index in [-0.39, 0.29) is 5.41 Å². The third-order valence-corrected chi connectivity index (χ3v) is 3.61. The van der Waals surface area contributed by atoms with Gasteiger partial charge < -0.3 is 15.1 Å². The normalized spacial score (nSPS) is 14.6. The van der Waals surface area contributed by atoms with Crippen LogP contribution in [0.1, 0.15) is 32.3 Å². The van der Waals surface area contributed by atoms with E-state index in [1.807, 2.05) is 14.1 Å². The van der Waals surface area contributed by atoms with Gasteiger partial charge in [-0.05, 0) is 29.5 Å². The largest absolute Gasteiger partial charge is 0.378 e. The number of aliphatic hydroxyl groups is 2. The molecule has 1 aromatic carbocycles. The number of hydrogen-bond donors (Lipinski definition) is 2. The van der Waals surface area contributed by atoms with Gasteiger partial charge in [-0.25, -0.2) is 0 Å². The van der Waals surface area contributed by atoms with E-state index < -0.39 is 6.29 Å². The first kappa shape index (κ1) is 15.0. The molecule has 0 aliphatic heterocycles. The molecule has 1 unspecified atom stereocenters. The summed E-state index contributed by atoms with van der Waals surface area (Å²) >= 11 is 0. The molecule has 0 heterocycles. The Labute approximate surface area is 110 Å². The van der Waals surface area contributed by atoms with Crippen LogP contribution in [-0.2, 0) is 6.42 Å². The van der Waals surface area contributed by atoms with Crippen LogP contribution >= 0.6 is 0 Å². The molecular weight excluding hydrogens is 226 g/mol. The topological polar surface area (TPSA) is 43.7 Å². The van der Waals surface area contributed by atoms with Gasteiger partial charge in [0.05, 0.1) is 0 Å². The summed E-state index contributed by atoms with van der Waals surface area (Å²) in [5.41, 5.74) is 2.36. The van der Waals surface area contributed by atoms with Gasteiger partial charge in [-0.15, -0.1) is 0 Å². The van der Waals surface area contributed by atoms with Crippen molar-refractivity contribution in [2.45, 2.75) is 39.4 Å². The summed E-state index contributed by atoms with van der Waals surface area (Å²) in [7, 11) is 4.04. The maximum atomic E-state index is 9.16. The van der Waals surface area contributed by atoms with Crippen molar-refractivity contribution >= 4 is 5.69 Å². The zero-order chi connectivity index (χ0) is 13.8. The highest BCUT2D eigenvalue weighted by Gasteiger charge is 2.25. The smallest absolute Gasteiger partial charge is 0.151 e. The van der Waals surface area contributed by atoms with Gasteiger partial charge in [0.15, 0.2) is 6.29 Å². The molecule has 0 radical (unpaired) electrons. The maximum Gasteiger partial charge on any atom is 0.151 e. The molecule has 102 valence electrons. The van der Waals surface area contributed by atoms with E-state index in [2.05, 4.69) is 43.0 Å². The molecule has 0 aliphatic rings. The molecule has 18 heavy (non-hydrogen) atoms. The van der Waals surface area contributed by atoms with Gasteiger partial charge in [0.2, 0.25) is 0 Å². The van der Waals surface area contributed by atoms with E-state index in [1.54, 1.807) is 0 Å². The molecule has 0 aliphatic carbocycles. The number of nitrogens with zero attached hydrogens (tertiary/aromatic N) is 1. The van der Waals surface area contributed by atoms with E-state index in [0.717, 1.165) is 12.8 Å². The first-order chi connectivity index (χ1) is 8.36. The van der Waals surface area contributed by atoms with Crippen molar-refractivity contribution in [2.24, 2.45) is 5.41 Å². The van der Waals surface area contributed by atoms with E-state index >= 15 is 0 Å². The third kappa shape index (κ3) is 4.31. The highest BCUT2D eigenvalue weighted by Crippen LogP contribution is 2.31. The molecule has 0 fully saturated rings. The van der Waals surface area contributed by atoms with E-state index in [0.29, 0.717) is 6.42 Å². The Morgan fingerprint density at radius 1 is 1.17 bits per heavy atom. The molecule has 0 amide bonds. The van der Waals surface area contributed by atoms with Crippen LogP contribution in [0.3, 0.4) is 0 Å². The van der Waals surface area contributed by atoms with Crippen LogP contribution in [0, 0.1) is 5.41 Å². The molecule has 0 bridgehead atoms. The highest BCUT2D eigenvalue weighted by molar-refractivity contribution is 5.46. The lowest BCUT2D eigenvalue weighted by Crippen LogP contribution is -2.25. The molecule has 3 heteroatoms. The zero-order valence-corrected chi connectivity index (χ0v) is 11.8. The van der Waals surface area contributed by atoms with Gasteiger partial charge in [0.1, 0.15) is 0 Å². The molecule has 1 aromatic rings. The first-order valence-electron chi connectivity index (χ1n) is 6.49. The van der Waals surface area contributed by atoms with E-state index in [1.165, 1.54) is 11.3 Å². The van der Waals surface area contributed by atoms with Crippen LogP contribution < -0.4 is 4.90 Å². The summed E-state index contributed by atoms with van der Waals surface area (Å²) < 4.78 is 0. The number of anilines is 1. The summed E-state index contributed by atoms with van der Waals surface area (Å²) in [6, 6.07) is 8.43. The van der Waals surface area contributed by atoms with E-state index in [4.69, 9.17) is 10.2 Å². The highest BCUT2D eigenvalue weighted by atomic mass is 16.5. The molecule has 1 rings (SSSR count). The van der Waals surface area contributed by atoms with Crippen molar-refractivity contribution < 1.29 is 10.2 Å². The molecule has 1 atom stereocenters. The predicted octanol–water partition coefficient (Wildman–Crippen LogP) is 2.41. The van der Waals surface area contributed by atoms with E-state index in [9.17, 15) is 0 Å². The van der Waals surface area contributed by atoms with Crippen molar-refractivity contribution in [2.75, 3.05) is 19.0 Å². The summed E-state index contributed by atoms with van der Waals surface area (Å²) in [5.74, 6) is 0. The number of aliphatic hydroxyl groups excluding tert-OH is 1. The SMILES string of the molecule is CCC(C)(Cc1ccc(N(C)C)cc1)CC(O)O. The van der Waals surface area contributed by atoms with Crippen LogP contribution in [-0.4, -0.2) is 30.6 Å². The second kappa shape index (κ2) is 6.21. The van der Waals surface area contributed by atoms with Crippen LogP contribution in [0.4, 0.5) is 5.69 Å². The summed E-state index contributed by atoms with van der Waals surface area (Å²) in [6.07, 6.45) is 0.990. The monoisotopic (exact) mass is 251 g/mol. The fourth-order valence-corrected chi connectivity index (χ4v) is 2.19. The predicted molar refractivity (Wildman–Crippen MR) is 75.7 cm³/mol. The fourth-order valence-electron chi connectivity index (χ4n) is 2.19. The minimum absolute atomic E-state index is 0.0617. The van der Waals surface area contributed by atoms with Gasteiger partial charge in [0.25, 0.3) is 0 Å². The summed E-state index contributed by atoms with van der Waals surface area (Å²) in [4.78, 5) is 2.07. The number of rotatable bonds is 6. The Morgan fingerprint density at radius 3 is 2.11 bits per heavy atom. The molecule has 0 saturated carbocycles. The zero-order valence-electron chi connectivity index (χ0n) is 11.8. The van der Waals surface area contributed by atoms with Crippen LogP contribution in [0.15, 0.2) is 24.3 Å². The molecule has 2 N–H and O–H groups in total. The lowest BCUT2D eigenvalue weighted by atomic mass is 9.78. The van der Waals surface area contributed by atoms with Gasteiger partial charge in [0, 0.05) is 26.2 Å². The molecule has 3 nitrogen and oxygen atoms in total. The second-order valence-corrected chi connectivity index (χ2v) is 5.59. The van der Waals surface area contributed by atoms with Crippen LogP contribution in [0.2, 0.25) is 0 Å². The molecule has 0 saturated heterocycles. The fraction of sp³-hybridized carbons (Fsp3) is 0.600. The van der Waals surface area contributed by atoms with Crippen LogP contribution in [0.25, 0.3) is 0 Å². The Kier molecular flexibility index (Phi) is 5.17. The van der Waals surface area contributed by atoms with Crippen molar-refractivity contribution in [1.82, 2.24) is 0 Å². The van der Waals surface area contributed by atoms with Gasteiger partial charge in [-0.3, -0.25) is 0 Å². The van der Waals surface area contributed by atoms with Gasteiger partial charge in [-0.2, -0.15) is 0 Å². The molecule has 0 spiro atoms. The Hall–Kier alpha value is -1.06. The standard InChI is InChI=1S/C15H25NO2/c1-5-15(2,11-14(17)18)10-12-6-8-13(9-7-12)16(3)4/h6-9,14,17-18H,5,10-11H2,1-4H3. The molecular formula is C15H25NO2. The first-order valence-corrected chi connectivity index (χ1v) is 6.49. The number of benzene rings is 1. The number of hydrogen-bond acceptors (Lipinski definition) is 3. The lowest BCUT2D eigenvalue weighted by molar-refractivity contribution is -0.0708. The van der Waals surface area contributed by atoms with Gasteiger partial charge in [-0.1, -0.05) is 32.4 Å². The van der Waals surface area contributed by atoms with Crippen molar-refractivity contribution in [1.29, 1.82) is 0 Å². The average Bonchev–Trinajstić information content (AvgIpc) is 2.28. The average molecular weight is 251 g/mol. The minimum Gasteiger partial charge on any atom is -0.378 e. The molecule has 0 aromatic heterocycles. The summed E-state index contributed by atoms with van der Waals surface area (Å²) in [6.45, 7) is 4.20. The quantitative estimate of drug-likeness (QED) is 0.763. The Balaban J connectivity index is 2.76. The van der Waals surface area contributed by atoms with Crippen molar-refractivity contribution in [3.8, 4) is 0 Å². The maximum absolute atomic E-state index is 9.16. The third-order valence-electron chi connectivity index (χ3n) is 3.61. The summed E-state index contributed by atoms with van der Waals surface area (Å²) in [5, 5.41) is 18.3.